The Morgan fingerprint density at radius 1 is 1.26 bits per heavy atom. The lowest BCUT2D eigenvalue weighted by Gasteiger charge is -2.40. The summed E-state index contributed by atoms with van der Waals surface area (Å²) in [5.41, 5.74) is 0. The maximum atomic E-state index is 12.6. The zero-order valence-electron chi connectivity index (χ0n) is 12.7. The summed E-state index contributed by atoms with van der Waals surface area (Å²) in [6.07, 6.45) is 3.73. The van der Waals surface area contributed by atoms with E-state index in [0.29, 0.717) is 13.1 Å². The Morgan fingerprint density at radius 3 is 2.47 bits per heavy atom. The smallest absolute Gasteiger partial charge is 0.282 e. The minimum atomic E-state index is -3.31. The topological polar surface area (TPSA) is 52.7 Å². The van der Waals surface area contributed by atoms with Crippen LogP contribution in [0.1, 0.15) is 46.5 Å². The summed E-state index contributed by atoms with van der Waals surface area (Å²) in [4.78, 5) is 0. The number of rotatable bonds is 7. The van der Waals surface area contributed by atoms with Gasteiger partial charge in [0.15, 0.2) is 0 Å². The van der Waals surface area contributed by atoms with Gasteiger partial charge < -0.3 is 5.32 Å². The van der Waals surface area contributed by atoms with Crippen LogP contribution in [0.4, 0.5) is 0 Å². The lowest BCUT2D eigenvalue weighted by atomic mass is 10.1. The molecule has 1 rings (SSSR count). The Bertz CT molecular complexity index is 359. The van der Waals surface area contributed by atoms with Crippen molar-refractivity contribution in [3.63, 3.8) is 0 Å². The molecule has 0 amide bonds. The first-order valence-corrected chi connectivity index (χ1v) is 8.83. The Balaban J connectivity index is 2.82. The molecule has 1 heterocycles. The molecule has 1 saturated heterocycles. The van der Waals surface area contributed by atoms with Gasteiger partial charge >= 0.3 is 0 Å². The zero-order valence-corrected chi connectivity index (χ0v) is 13.5. The first kappa shape index (κ1) is 16.9. The molecule has 0 saturated carbocycles. The van der Waals surface area contributed by atoms with Crippen LogP contribution in [0.25, 0.3) is 0 Å². The monoisotopic (exact) mass is 291 g/mol. The summed E-state index contributed by atoms with van der Waals surface area (Å²) >= 11 is 0. The molecule has 0 aromatic rings. The number of nitrogens with one attached hydrogen (secondary N) is 1. The largest absolute Gasteiger partial charge is 0.311 e. The molecule has 0 bridgehead atoms. The molecule has 1 aliphatic heterocycles. The highest BCUT2D eigenvalue weighted by atomic mass is 32.2. The van der Waals surface area contributed by atoms with Crippen molar-refractivity contribution < 1.29 is 8.42 Å². The van der Waals surface area contributed by atoms with Gasteiger partial charge in [0, 0.05) is 38.8 Å². The molecule has 0 spiro atoms. The summed E-state index contributed by atoms with van der Waals surface area (Å²) in [5, 5.41) is 3.43. The molecular formula is C13H29N3O2S. The van der Waals surface area contributed by atoms with Crippen molar-refractivity contribution in [2.45, 2.75) is 58.5 Å². The van der Waals surface area contributed by atoms with Gasteiger partial charge in [-0.2, -0.15) is 17.0 Å². The van der Waals surface area contributed by atoms with Crippen molar-refractivity contribution in [3.8, 4) is 0 Å². The third-order valence-electron chi connectivity index (χ3n) is 3.93. The van der Waals surface area contributed by atoms with E-state index in [1.807, 2.05) is 6.92 Å². The normalized spacial score (nSPS) is 25.9. The standard InChI is InChI=1S/C13H29N3O2S/c1-5-8-9-15(4)19(17,18)16-11-12(6-2)14-10-13(16)7-3/h12-14H,5-11H2,1-4H3. The van der Waals surface area contributed by atoms with E-state index in [1.54, 1.807) is 11.4 Å². The maximum absolute atomic E-state index is 12.6. The Hall–Kier alpha value is -0.170. The number of hydrogen-bond donors (Lipinski definition) is 1. The minimum Gasteiger partial charge on any atom is -0.311 e. The van der Waals surface area contributed by atoms with Crippen LogP contribution in [0, 0.1) is 0 Å². The van der Waals surface area contributed by atoms with E-state index < -0.39 is 10.2 Å². The number of piperazine rings is 1. The molecule has 1 N–H and O–H groups in total. The third-order valence-corrected chi connectivity index (χ3v) is 5.94. The van der Waals surface area contributed by atoms with Crippen LogP contribution >= 0.6 is 0 Å². The van der Waals surface area contributed by atoms with Crippen LogP contribution in [-0.4, -0.2) is 55.8 Å². The SMILES string of the molecule is CCCCN(C)S(=O)(=O)N1CC(CC)NCC1CC. The molecule has 5 nitrogen and oxygen atoms in total. The van der Waals surface area contributed by atoms with Gasteiger partial charge in [0.2, 0.25) is 0 Å². The molecule has 2 unspecified atom stereocenters. The van der Waals surface area contributed by atoms with Gasteiger partial charge in [-0.1, -0.05) is 27.2 Å². The molecule has 0 aromatic carbocycles. The second-order valence-corrected chi connectivity index (χ2v) is 7.32. The van der Waals surface area contributed by atoms with E-state index in [1.165, 1.54) is 4.31 Å². The molecule has 114 valence electrons. The number of nitrogens with zero attached hydrogens (tertiary/aromatic N) is 2. The molecule has 1 aliphatic rings. The molecule has 0 aromatic heterocycles. The molecule has 0 radical (unpaired) electrons. The number of hydrogen-bond acceptors (Lipinski definition) is 3. The molecule has 2 atom stereocenters. The van der Waals surface area contributed by atoms with Crippen LogP contribution in [0.15, 0.2) is 0 Å². The van der Waals surface area contributed by atoms with Gasteiger partial charge in [-0.15, -0.1) is 0 Å². The first-order chi connectivity index (χ1) is 8.97. The van der Waals surface area contributed by atoms with Crippen LogP contribution in [0.3, 0.4) is 0 Å². The van der Waals surface area contributed by atoms with Crippen molar-refractivity contribution in [1.82, 2.24) is 13.9 Å². The predicted molar refractivity (Wildman–Crippen MR) is 79.3 cm³/mol. The highest BCUT2D eigenvalue weighted by Crippen LogP contribution is 2.19. The van der Waals surface area contributed by atoms with E-state index in [4.69, 9.17) is 0 Å². The lowest BCUT2D eigenvalue weighted by molar-refractivity contribution is 0.203. The minimum absolute atomic E-state index is 0.0804. The highest BCUT2D eigenvalue weighted by molar-refractivity contribution is 7.86. The molecule has 1 fully saturated rings. The van der Waals surface area contributed by atoms with Crippen LogP contribution in [0.2, 0.25) is 0 Å². The van der Waals surface area contributed by atoms with E-state index in [2.05, 4.69) is 19.2 Å². The van der Waals surface area contributed by atoms with Gasteiger partial charge in [-0.05, 0) is 19.3 Å². The molecular weight excluding hydrogens is 262 g/mol. The maximum Gasteiger partial charge on any atom is 0.282 e. The summed E-state index contributed by atoms with van der Waals surface area (Å²) in [6.45, 7) is 8.18. The van der Waals surface area contributed by atoms with E-state index in [-0.39, 0.29) is 12.1 Å². The van der Waals surface area contributed by atoms with Gasteiger partial charge in [0.25, 0.3) is 10.2 Å². The Kier molecular flexibility index (Phi) is 6.73. The summed E-state index contributed by atoms with van der Waals surface area (Å²) in [5.74, 6) is 0. The summed E-state index contributed by atoms with van der Waals surface area (Å²) < 4.78 is 28.5. The van der Waals surface area contributed by atoms with Crippen molar-refractivity contribution in [1.29, 1.82) is 0 Å². The first-order valence-electron chi connectivity index (χ1n) is 7.43. The summed E-state index contributed by atoms with van der Waals surface area (Å²) in [6, 6.07) is 0.356. The van der Waals surface area contributed by atoms with Crippen LogP contribution < -0.4 is 5.32 Å². The highest BCUT2D eigenvalue weighted by Gasteiger charge is 2.36. The molecule has 0 aliphatic carbocycles. The Morgan fingerprint density at radius 2 is 1.95 bits per heavy atom. The Labute approximate surface area is 118 Å². The zero-order chi connectivity index (χ0) is 14.5. The van der Waals surface area contributed by atoms with Gasteiger partial charge in [0.05, 0.1) is 0 Å². The van der Waals surface area contributed by atoms with E-state index in [9.17, 15) is 8.42 Å². The molecule has 6 heteroatoms. The van der Waals surface area contributed by atoms with Crippen molar-refractivity contribution in [2.24, 2.45) is 0 Å². The van der Waals surface area contributed by atoms with Gasteiger partial charge in [-0.25, -0.2) is 0 Å². The third kappa shape index (κ3) is 4.15. The van der Waals surface area contributed by atoms with E-state index in [0.717, 1.165) is 32.2 Å². The quantitative estimate of drug-likeness (QED) is 0.772. The lowest BCUT2D eigenvalue weighted by Crippen LogP contribution is -2.60. The van der Waals surface area contributed by atoms with Crippen LogP contribution in [0.5, 0.6) is 0 Å². The average Bonchev–Trinajstić information content (AvgIpc) is 2.43. The predicted octanol–water partition coefficient (Wildman–Crippen LogP) is 1.43. The van der Waals surface area contributed by atoms with Gasteiger partial charge in [0.1, 0.15) is 0 Å². The van der Waals surface area contributed by atoms with E-state index >= 15 is 0 Å². The van der Waals surface area contributed by atoms with Crippen molar-refractivity contribution >= 4 is 10.2 Å². The van der Waals surface area contributed by atoms with Crippen LogP contribution in [-0.2, 0) is 10.2 Å². The fourth-order valence-electron chi connectivity index (χ4n) is 2.41. The van der Waals surface area contributed by atoms with Crippen molar-refractivity contribution in [3.05, 3.63) is 0 Å². The fourth-order valence-corrected chi connectivity index (χ4v) is 4.10. The van der Waals surface area contributed by atoms with Crippen molar-refractivity contribution in [2.75, 3.05) is 26.7 Å². The fraction of sp³-hybridized carbons (Fsp3) is 1.00. The molecule has 19 heavy (non-hydrogen) atoms. The summed E-state index contributed by atoms with van der Waals surface area (Å²) in [7, 11) is -1.62. The second kappa shape index (κ2) is 7.57. The van der Waals surface area contributed by atoms with Gasteiger partial charge in [-0.3, -0.25) is 0 Å². The average molecular weight is 291 g/mol. The second-order valence-electron chi connectivity index (χ2n) is 5.33. The number of unbranched alkanes of at least 4 members (excludes halogenated alkanes) is 1.